The molecule has 0 atom stereocenters. The van der Waals surface area contributed by atoms with Crippen LogP contribution in [0.15, 0.2) is 42.6 Å². The van der Waals surface area contributed by atoms with Gasteiger partial charge in [0.05, 0.1) is 37.2 Å². The molecule has 3 aromatic rings. The molecule has 1 heterocycles. The summed E-state index contributed by atoms with van der Waals surface area (Å²) in [4.78, 5) is 12.5. The molecule has 0 unspecified atom stereocenters. The Kier molecular flexibility index (Phi) is 3.65. The third-order valence-corrected chi connectivity index (χ3v) is 3.38. The number of para-hydroxylation sites is 1. The lowest BCUT2D eigenvalue weighted by Crippen LogP contribution is -2.13. The number of hydrogen-bond acceptors (Lipinski definition) is 4. The third-order valence-electron chi connectivity index (χ3n) is 3.38. The fourth-order valence-corrected chi connectivity index (χ4v) is 2.26. The van der Waals surface area contributed by atoms with Crippen molar-refractivity contribution in [2.75, 3.05) is 19.5 Å². The zero-order valence-electron chi connectivity index (χ0n) is 12.2. The first-order valence-corrected chi connectivity index (χ1v) is 6.68. The Morgan fingerprint density at radius 1 is 1.18 bits per heavy atom. The fourth-order valence-electron chi connectivity index (χ4n) is 2.26. The topological polar surface area (TPSA) is 76.2 Å². The van der Waals surface area contributed by atoms with Gasteiger partial charge in [0.1, 0.15) is 11.5 Å². The number of anilines is 1. The minimum atomic E-state index is -0.249. The number of hydrogen-bond donors (Lipinski definition) is 2. The van der Waals surface area contributed by atoms with Gasteiger partial charge in [0.25, 0.3) is 5.91 Å². The van der Waals surface area contributed by atoms with E-state index in [2.05, 4.69) is 15.5 Å². The molecule has 1 amide bonds. The smallest absolute Gasteiger partial charge is 0.257 e. The first-order valence-electron chi connectivity index (χ1n) is 6.68. The summed E-state index contributed by atoms with van der Waals surface area (Å²) in [6.45, 7) is 0. The van der Waals surface area contributed by atoms with E-state index in [0.29, 0.717) is 28.3 Å². The van der Waals surface area contributed by atoms with E-state index in [1.807, 2.05) is 12.1 Å². The van der Waals surface area contributed by atoms with Gasteiger partial charge in [-0.25, -0.2) is 0 Å². The highest BCUT2D eigenvalue weighted by molar-refractivity contribution is 6.12. The van der Waals surface area contributed by atoms with E-state index in [-0.39, 0.29) is 5.91 Å². The Morgan fingerprint density at radius 2 is 2.05 bits per heavy atom. The fraction of sp³-hybridized carbons (Fsp3) is 0.125. The summed E-state index contributed by atoms with van der Waals surface area (Å²) in [5.74, 6) is 0.947. The van der Waals surface area contributed by atoms with E-state index in [1.165, 1.54) is 0 Å². The number of carbonyl (C=O) groups is 1. The maximum atomic E-state index is 12.5. The van der Waals surface area contributed by atoms with Crippen molar-refractivity contribution < 1.29 is 14.3 Å². The zero-order valence-corrected chi connectivity index (χ0v) is 12.2. The number of benzene rings is 2. The quantitative estimate of drug-likeness (QED) is 0.776. The van der Waals surface area contributed by atoms with E-state index >= 15 is 0 Å². The minimum Gasteiger partial charge on any atom is -0.497 e. The largest absolute Gasteiger partial charge is 0.497 e. The molecule has 0 saturated carbocycles. The van der Waals surface area contributed by atoms with Crippen molar-refractivity contribution in [1.29, 1.82) is 0 Å². The number of methoxy groups -OCH3 is 2. The van der Waals surface area contributed by atoms with E-state index in [0.717, 1.165) is 5.39 Å². The number of nitrogens with one attached hydrogen (secondary N) is 2. The first kappa shape index (κ1) is 13.9. The zero-order chi connectivity index (χ0) is 15.5. The number of carbonyl (C=O) groups excluding carboxylic acids is 1. The highest BCUT2D eigenvalue weighted by Crippen LogP contribution is 2.29. The van der Waals surface area contributed by atoms with E-state index < -0.39 is 0 Å². The molecule has 6 heteroatoms. The molecule has 2 N–H and O–H groups in total. The van der Waals surface area contributed by atoms with Gasteiger partial charge in [-0.15, -0.1) is 0 Å². The van der Waals surface area contributed by atoms with Crippen molar-refractivity contribution in [1.82, 2.24) is 10.2 Å². The Bertz CT molecular complexity index is 826. The van der Waals surface area contributed by atoms with E-state index in [4.69, 9.17) is 9.47 Å². The number of amides is 1. The Balaban J connectivity index is 1.96. The van der Waals surface area contributed by atoms with Crippen LogP contribution in [0, 0.1) is 0 Å². The second-order valence-corrected chi connectivity index (χ2v) is 4.66. The van der Waals surface area contributed by atoms with Crippen LogP contribution in [-0.2, 0) is 0 Å². The van der Waals surface area contributed by atoms with Gasteiger partial charge in [-0.2, -0.15) is 5.10 Å². The van der Waals surface area contributed by atoms with Gasteiger partial charge in [0, 0.05) is 11.5 Å². The monoisotopic (exact) mass is 297 g/mol. The standard InChI is InChI=1S/C16H15N3O3/c1-21-11-6-7-14(22-2)13(8-11)18-16(20)12-5-3-4-10-9-17-19-15(10)12/h3-9H,1-2H3,(H,17,19)(H,18,20). The molecule has 112 valence electrons. The molecule has 0 fully saturated rings. The molecular formula is C16H15N3O3. The maximum Gasteiger partial charge on any atom is 0.257 e. The SMILES string of the molecule is COc1ccc(OC)c(NC(=O)c2cccc3cn[nH]c23)c1. The molecule has 0 aliphatic rings. The molecule has 0 spiro atoms. The van der Waals surface area contributed by atoms with Gasteiger partial charge in [-0.3, -0.25) is 9.89 Å². The third kappa shape index (κ3) is 2.46. The summed E-state index contributed by atoms with van der Waals surface area (Å²) in [5.41, 5.74) is 1.75. The number of ether oxygens (including phenoxy) is 2. The normalized spacial score (nSPS) is 10.5. The predicted molar refractivity (Wildman–Crippen MR) is 83.6 cm³/mol. The Morgan fingerprint density at radius 3 is 2.82 bits per heavy atom. The lowest BCUT2D eigenvalue weighted by molar-refractivity contribution is 0.102. The molecule has 0 radical (unpaired) electrons. The molecule has 0 bridgehead atoms. The van der Waals surface area contributed by atoms with Gasteiger partial charge in [0.15, 0.2) is 0 Å². The van der Waals surface area contributed by atoms with Crippen LogP contribution in [0.25, 0.3) is 10.9 Å². The predicted octanol–water partition coefficient (Wildman–Crippen LogP) is 2.83. The van der Waals surface area contributed by atoms with Crippen LogP contribution < -0.4 is 14.8 Å². The highest BCUT2D eigenvalue weighted by atomic mass is 16.5. The van der Waals surface area contributed by atoms with Crippen LogP contribution in [0.3, 0.4) is 0 Å². The number of H-pyrrole nitrogens is 1. The first-order chi connectivity index (χ1) is 10.7. The number of nitrogens with zero attached hydrogens (tertiary/aromatic N) is 1. The van der Waals surface area contributed by atoms with Crippen LogP contribution >= 0.6 is 0 Å². The lowest BCUT2D eigenvalue weighted by Gasteiger charge is -2.12. The summed E-state index contributed by atoms with van der Waals surface area (Å²) in [5, 5.41) is 10.5. The van der Waals surface area contributed by atoms with Crippen LogP contribution in [0.4, 0.5) is 5.69 Å². The lowest BCUT2D eigenvalue weighted by atomic mass is 10.1. The molecule has 0 aliphatic carbocycles. The minimum absolute atomic E-state index is 0.249. The van der Waals surface area contributed by atoms with Crippen molar-refractivity contribution >= 4 is 22.5 Å². The molecule has 3 rings (SSSR count). The van der Waals surface area contributed by atoms with Crippen LogP contribution in [0.2, 0.25) is 0 Å². The van der Waals surface area contributed by atoms with Crippen LogP contribution in [0.5, 0.6) is 11.5 Å². The van der Waals surface area contributed by atoms with Crippen molar-refractivity contribution in [3.05, 3.63) is 48.2 Å². The van der Waals surface area contributed by atoms with E-state index in [1.54, 1.807) is 44.7 Å². The highest BCUT2D eigenvalue weighted by Gasteiger charge is 2.14. The molecule has 22 heavy (non-hydrogen) atoms. The number of fused-ring (bicyclic) bond motifs is 1. The summed E-state index contributed by atoms with van der Waals surface area (Å²) >= 11 is 0. The van der Waals surface area contributed by atoms with Gasteiger partial charge >= 0.3 is 0 Å². The second-order valence-electron chi connectivity index (χ2n) is 4.66. The number of rotatable bonds is 4. The number of aromatic nitrogens is 2. The summed E-state index contributed by atoms with van der Waals surface area (Å²) in [7, 11) is 3.12. The van der Waals surface area contributed by atoms with Crippen LogP contribution in [0.1, 0.15) is 10.4 Å². The van der Waals surface area contributed by atoms with Gasteiger partial charge in [-0.05, 0) is 18.2 Å². The van der Waals surface area contributed by atoms with Crippen molar-refractivity contribution in [3.63, 3.8) is 0 Å². The average molecular weight is 297 g/mol. The number of aromatic amines is 1. The summed E-state index contributed by atoms with van der Waals surface area (Å²) in [6.07, 6.45) is 1.68. The Hall–Kier alpha value is -3.02. The maximum absolute atomic E-state index is 12.5. The molecule has 2 aromatic carbocycles. The second kappa shape index (κ2) is 5.77. The summed E-state index contributed by atoms with van der Waals surface area (Å²) < 4.78 is 10.4. The van der Waals surface area contributed by atoms with Crippen molar-refractivity contribution in [2.24, 2.45) is 0 Å². The van der Waals surface area contributed by atoms with Crippen molar-refractivity contribution in [3.8, 4) is 11.5 Å². The molecule has 1 aromatic heterocycles. The molecule has 0 saturated heterocycles. The summed E-state index contributed by atoms with van der Waals surface area (Å²) in [6, 6.07) is 10.7. The molecule has 6 nitrogen and oxygen atoms in total. The Labute approximate surface area is 127 Å². The van der Waals surface area contributed by atoms with Gasteiger partial charge in [0.2, 0.25) is 0 Å². The molecular weight excluding hydrogens is 282 g/mol. The van der Waals surface area contributed by atoms with Gasteiger partial charge < -0.3 is 14.8 Å². The molecule has 0 aliphatic heterocycles. The van der Waals surface area contributed by atoms with Crippen molar-refractivity contribution in [2.45, 2.75) is 0 Å². The average Bonchev–Trinajstić information content (AvgIpc) is 3.03. The van der Waals surface area contributed by atoms with E-state index in [9.17, 15) is 4.79 Å². The van der Waals surface area contributed by atoms with Crippen LogP contribution in [-0.4, -0.2) is 30.3 Å². The van der Waals surface area contributed by atoms with Gasteiger partial charge in [-0.1, -0.05) is 12.1 Å².